The monoisotopic (exact) mass is 185 g/mol. The maximum absolute atomic E-state index is 6.03. The van der Waals surface area contributed by atoms with Crippen molar-refractivity contribution in [3.05, 3.63) is 0 Å². The lowest BCUT2D eigenvalue weighted by Gasteiger charge is -2.42. The Morgan fingerprint density at radius 3 is 2.77 bits per heavy atom. The van der Waals surface area contributed by atoms with E-state index in [1.165, 1.54) is 12.8 Å². The zero-order valence-electron chi connectivity index (χ0n) is 9.18. The summed E-state index contributed by atoms with van der Waals surface area (Å²) in [6, 6.07) is 0.162. The molecule has 0 aromatic carbocycles. The van der Waals surface area contributed by atoms with Gasteiger partial charge in [0.05, 0.1) is 5.60 Å². The largest absolute Gasteiger partial charge is 0.374 e. The highest BCUT2D eigenvalue weighted by Gasteiger charge is 2.38. The molecule has 1 saturated carbocycles. The third-order valence-corrected chi connectivity index (χ3v) is 3.25. The maximum atomic E-state index is 6.03. The molecule has 13 heavy (non-hydrogen) atoms. The van der Waals surface area contributed by atoms with Crippen LogP contribution in [0.25, 0.3) is 0 Å². The second-order valence-electron chi connectivity index (χ2n) is 4.49. The lowest BCUT2D eigenvalue weighted by Crippen LogP contribution is -2.51. The van der Waals surface area contributed by atoms with Crippen LogP contribution in [0.1, 0.15) is 46.5 Å². The van der Waals surface area contributed by atoms with E-state index in [-0.39, 0.29) is 11.6 Å². The molecule has 0 heterocycles. The molecule has 2 N–H and O–H groups in total. The molecule has 2 heteroatoms. The van der Waals surface area contributed by atoms with E-state index in [0.29, 0.717) is 0 Å². The van der Waals surface area contributed by atoms with Gasteiger partial charge in [-0.05, 0) is 32.6 Å². The molecular formula is C11H23NO. The predicted molar refractivity (Wildman–Crippen MR) is 55.6 cm³/mol. The van der Waals surface area contributed by atoms with Crippen LogP contribution in [-0.4, -0.2) is 18.2 Å². The van der Waals surface area contributed by atoms with E-state index >= 15 is 0 Å². The Balaban J connectivity index is 2.64. The Hall–Kier alpha value is -0.0800. The summed E-state index contributed by atoms with van der Waals surface area (Å²) in [6.07, 6.45) is 4.88. The van der Waals surface area contributed by atoms with E-state index in [1.54, 1.807) is 0 Å². The summed E-state index contributed by atoms with van der Waals surface area (Å²) in [5.41, 5.74) is 6.00. The molecule has 1 aliphatic carbocycles. The highest BCUT2D eigenvalue weighted by Crippen LogP contribution is 2.36. The van der Waals surface area contributed by atoms with Gasteiger partial charge in [0.25, 0.3) is 0 Å². The minimum Gasteiger partial charge on any atom is -0.374 e. The highest BCUT2D eigenvalue weighted by atomic mass is 16.5. The third-order valence-electron chi connectivity index (χ3n) is 3.25. The standard InChI is InChI=1S/C11H23NO/c1-4-13-11(10(3)12)7-5-6-9(2)8-11/h9-10H,4-8,12H2,1-3H3/t9?,10-,11?/m0/s1. The third kappa shape index (κ3) is 2.44. The SMILES string of the molecule is CCOC1([C@H](C)N)CCCC(C)C1. The number of rotatable bonds is 3. The Kier molecular flexibility index (Phi) is 3.74. The smallest absolute Gasteiger partial charge is 0.0832 e. The van der Waals surface area contributed by atoms with E-state index in [2.05, 4.69) is 20.8 Å². The Bertz CT molecular complexity index is 154. The van der Waals surface area contributed by atoms with Gasteiger partial charge >= 0.3 is 0 Å². The number of hydrogen-bond donors (Lipinski definition) is 1. The maximum Gasteiger partial charge on any atom is 0.0832 e. The Labute approximate surface area is 81.8 Å². The molecule has 2 nitrogen and oxygen atoms in total. The van der Waals surface area contributed by atoms with Crippen molar-refractivity contribution in [1.29, 1.82) is 0 Å². The first-order valence-corrected chi connectivity index (χ1v) is 5.50. The molecule has 0 radical (unpaired) electrons. The molecule has 0 aliphatic heterocycles. The van der Waals surface area contributed by atoms with Gasteiger partial charge in [0.1, 0.15) is 0 Å². The van der Waals surface area contributed by atoms with E-state index < -0.39 is 0 Å². The van der Waals surface area contributed by atoms with Crippen molar-refractivity contribution < 1.29 is 4.74 Å². The second kappa shape index (κ2) is 4.43. The molecular weight excluding hydrogens is 162 g/mol. The Morgan fingerprint density at radius 2 is 2.31 bits per heavy atom. The van der Waals surface area contributed by atoms with Crippen LogP contribution in [0, 0.1) is 5.92 Å². The van der Waals surface area contributed by atoms with Gasteiger partial charge in [-0.1, -0.05) is 19.8 Å². The van der Waals surface area contributed by atoms with Crippen LogP contribution in [0.2, 0.25) is 0 Å². The fourth-order valence-electron chi connectivity index (χ4n) is 2.51. The van der Waals surface area contributed by atoms with Crippen LogP contribution in [0.3, 0.4) is 0 Å². The Morgan fingerprint density at radius 1 is 1.62 bits per heavy atom. The van der Waals surface area contributed by atoms with Crippen molar-refractivity contribution in [2.24, 2.45) is 11.7 Å². The first-order chi connectivity index (χ1) is 6.10. The normalized spacial score (nSPS) is 37.4. The number of nitrogens with two attached hydrogens (primary N) is 1. The summed E-state index contributed by atoms with van der Waals surface area (Å²) >= 11 is 0. The average Bonchev–Trinajstić information content (AvgIpc) is 2.04. The molecule has 78 valence electrons. The lowest BCUT2D eigenvalue weighted by atomic mass is 9.75. The van der Waals surface area contributed by atoms with Crippen LogP contribution < -0.4 is 5.73 Å². The van der Waals surface area contributed by atoms with E-state index in [9.17, 15) is 0 Å². The van der Waals surface area contributed by atoms with Crippen molar-refractivity contribution >= 4 is 0 Å². The van der Waals surface area contributed by atoms with Crippen LogP contribution in [-0.2, 0) is 4.74 Å². The van der Waals surface area contributed by atoms with Gasteiger partial charge in [-0.3, -0.25) is 0 Å². The molecule has 1 fully saturated rings. The average molecular weight is 185 g/mol. The van der Waals surface area contributed by atoms with Crippen LogP contribution in [0.15, 0.2) is 0 Å². The molecule has 0 spiro atoms. The van der Waals surface area contributed by atoms with Gasteiger partial charge in [-0.15, -0.1) is 0 Å². The minimum absolute atomic E-state index is 0.0214. The van der Waals surface area contributed by atoms with Crippen molar-refractivity contribution in [1.82, 2.24) is 0 Å². The molecule has 3 atom stereocenters. The summed E-state index contributed by atoms with van der Waals surface area (Å²) in [4.78, 5) is 0. The first kappa shape index (κ1) is 11.0. The zero-order chi connectivity index (χ0) is 9.90. The molecule has 0 saturated heterocycles. The van der Waals surface area contributed by atoms with Gasteiger partial charge < -0.3 is 10.5 Å². The van der Waals surface area contributed by atoms with Crippen molar-refractivity contribution in [3.63, 3.8) is 0 Å². The molecule has 1 aliphatic rings. The van der Waals surface area contributed by atoms with Crippen LogP contribution in [0.4, 0.5) is 0 Å². The van der Waals surface area contributed by atoms with Crippen molar-refractivity contribution in [2.45, 2.75) is 58.1 Å². The van der Waals surface area contributed by atoms with Gasteiger partial charge in [0.2, 0.25) is 0 Å². The predicted octanol–water partition coefficient (Wildman–Crippen LogP) is 2.32. The number of ether oxygens (including phenoxy) is 1. The van der Waals surface area contributed by atoms with E-state index in [1.807, 2.05) is 0 Å². The molecule has 0 amide bonds. The van der Waals surface area contributed by atoms with Crippen molar-refractivity contribution in [3.8, 4) is 0 Å². The lowest BCUT2D eigenvalue weighted by molar-refractivity contribution is -0.0891. The van der Waals surface area contributed by atoms with Gasteiger partial charge in [-0.2, -0.15) is 0 Å². The minimum atomic E-state index is -0.0214. The summed E-state index contributed by atoms with van der Waals surface area (Å²) < 4.78 is 5.88. The van der Waals surface area contributed by atoms with E-state index in [0.717, 1.165) is 25.4 Å². The fraction of sp³-hybridized carbons (Fsp3) is 1.00. The second-order valence-corrected chi connectivity index (χ2v) is 4.49. The summed E-state index contributed by atoms with van der Waals surface area (Å²) in [5, 5.41) is 0. The molecule has 0 aromatic rings. The molecule has 2 unspecified atom stereocenters. The van der Waals surface area contributed by atoms with Gasteiger partial charge in [-0.25, -0.2) is 0 Å². The van der Waals surface area contributed by atoms with E-state index in [4.69, 9.17) is 10.5 Å². The summed E-state index contributed by atoms with van der Waals surface area (Å²) in [6.45, 7) is 7.22. The molecule has 0 bridgehead atoms. The molecule has 0 aromatic heterocycles. The van der Waals surface area contributed by atoms with Crippen LogP contribution in [0.5, 0.6) is 0 Å². The van der Waals surface area contributed by atoms with Gasteiger partial charge in [0.15, 0.2) is 0 Å². The molecule has 1 rings (SSSR count). The number of hydrogen-bond acceptors (Lipinski definition) is 2. The summed E-state index contributed by atoms with van der Waals surface area (Å²) in [5.74, 6) is 0.770. The van der Waals surface area contributed by atoms with Crippen molar-refractivity contribution in [2.75, 3.05) is 6.61 Å². The quantitative estimate of drug-likeness (QED) is 0.732. The highest BCUT2D eigenvalue weighted by molar-refractivity contribution is 4.93. The zero-order valence-corrected chi connectivity index (χ0v) is 9.18. The van der Waals surface area contributed by atoms with Crippen LogP contribution >= 0.6 is 0 Å². The fourth-order valence-corrected chi connectivity index (χ4v) is 2.51. The van der Waals surface area contributed by atoms with Gasteiger partial charge in [0, 0.05) is 12.6 Å². The first-order valence-electron chi connectivity index (χ1n) is 5.50. The topological polar surface area (TPSA) is 35.2 Å². The summed E-state index contributed by atoms with van der Waals surface area (Å²) in [7, 11) is 0.